The molecule has 5 heteroatoms. The van der Waals surface area contributed by atoms with E-state index in [9.17, 15) is 4.79 Å². The van der Waals surface area contributed by atoms with Gasteiger partial charge in [0.1, 0.15) is 5.60 Å². The van der Waals surface area contributed by atoms with Crippen LogP contribution in [0.25, 0.3) is 0 Å². The van der Waals surface area contributed by atoms with Gasteiger partial charge in [0.15, 0.2) is 0 Å². The van der Waals surface area contributed by atoms with E-state index in [0.29, 0.717) is 13.1 Å². The first-order chi connectivity index (χ1) is 10.4. The van der Waals surface area contributed by atoms with Crippen LogP contribution in [0.2, 0.25) is 0 Å². The molecule has 5 nitrogen and oxygen atoms in total. The zero-order chi connectivity index (χ0) is 16.2. The minimum atomic E-state index is -0.449. The van der Waals surface area contributed by atoms with Crippen molar-refractivity contribution in [1.82, 2.24) is 4.90 Å². The van der Waals surface area contributed by atoms with E-state index in [1.807, 2.05) is 32.9 Å². The number of hydrogen-bond donors (Lipinski definition) is 1. The first kappa shape index (κ1) is 16.6. The summed E-state index contributed by atoms with van der Waals surface area (Å²) in [5, 5.41) is 0. The maximum absolute atomic E-state index is 12.2. The van der Waals surface area contributed by atoms with Gasteiger partial charge >= 0.3 is 6.09 Å². The van der Waals surface area contributed by atoms with Gasteiger partial charge in [0, 0.05) is 38.4 Å². The number of anilines is 1. The molecule has 0 unspecified atom stereocenters. The highest BCUT2D eigenvalue weighted by Crippen LogP contribution is 2.22. The van der Waals surface area contributed by atoms with E-state index >= 15 is 0 Å². The fraction of sp³-hybridized carbons (Fsp3) is 0.588. The van der Waals surface area contributed by atoms with E-state index in [1.54, 1.807) is 4.90 Å². The second-order valence-electron chi connectivity index (χ2n) is 6.64. The molecule has 1 amide bonds. The number of nitrogens with two attached hydrogens (primary N) is 1. The van der Waals surface area contributed by atoms with Crippen molar-refractivity contribution < 1.29 is 9.53 Å². The average molecular weight is 305 g/mol. The number of amides is 1. The number of rotatable bonds is 2. The van der Waals surface area contributed by atoms with E-state index in [-0.39, 0.29) is 6.09 Å². The Hall–Kier alpha value is -1.75. The number of benzene rings is 1. The fourth-order valence-electron chi connectivity index (χ4n) is 2.66. The zero-order valence-corrected chi connectivity index (χ0v) is 13.8. The summed E-state index contributed by atoms with van der Waals surface area (Å²) in [6.45, 7) is 9.35. The van der Waals surface area contributed by atoms with Crippen molar-refractivity contribution in [1.29, 1.82) is 0 Å². The summed E-state index contributed by atoms with van der Waals surface area (Å²) < 4.78 is 5.47. The number of hydrogen-bond acceptors (Lipinski definition) is 4. The maximum Gasteiger partial charge on any atom is 0.410 e. The van der Waals surface area contributed by atoms with Crippen LogP contribution in [-0.4, -0.2) is 42.8 Å². The van der Waals surface area contributed by atoms with E-state index in [4.69, 9.17) is 10.5 Å². The molecule has 0 radical (unpaired) electrons. The lowest BCUT2D eigenvalue weighted by Gasteiger charge is -2.27. The number of para-hydroxylation sites is 1. The Balaban J connectivity index is 2.02. The van der Waals surface area contributed by atoms with E-state index in [2.05, 4.69) is 17.0 Å². The number of ether oxygens (including phenoxy) is 1. The monoisotopic (exact) mass is 305 g/mol. The predicted octanol–water partition coefficient (Wildman–Crippen LogP) is 2.59. The summed E-state index contributed by atoms with van der Waals surface area (Å²) in [6, 6.07) is 8.21. The Morgan fingerprint density at radius 1 is 1.18 bits per heavy atom. The molecule has 1 fully saturated rings. The van der Waals surface area contributed by atoms with Crippen LogP contribution in [0.15, 0.2) is 24.3 Å². The summed E-state index contributed by atoms with van der Waals surface area (Å²) in [5.74, 6) is 0. The Bertz CT molecular complexity index is 511. The van der Waals surface area contributed by atoms with Crippen molar-refractivity contribution >= 4 is 11.8 Å². The Labute approximate surface area is 133 Å². The highest BCUT2D eigenvalue weighted by Gasteiger charge is 2.24. The standard InChI is InChI=1S/C17H27N3O2/c1-17(2,3)22-16(21)20-10-6-9-19(11-12-20)15-8-5-4-7-14(15)13-18/h4-5,7-8H,6,9-13,18H2,1-3H3. The molecule has 22 heavy (non-hydrogen) atoms. The molecule has 2 rings (SSSR count). The summed E-state index contributed by atoms with van der Waals surface area (Å²) in [4.78, 5) is 16.3. The van der Waals surface area contributed by atoms with Crippen molar-refractivity contribution in [2.45, 2.75) is 39.3 Å². The van der Waals surface area contributed by atoms with Crippen LogP contribution in [0.3, 0.4) is 0 Å². The van der Waals surface area contributed by atoms with Crippen molar-refractivity contribution in [3.05, 3.63) is 29.8 Å². The van der Waals surface area contributed by atoms with E-state index < -0.39 is 5.60 Å². The zero-order valence-electron chi connectivity index (χ0n) is 13.8. The van der Waals surface area contributed by atoms with Crippen LogP contribution < -0.4 is 10.6 Å². The normalized spacial score (nSPS) is 16.4. The van der Waals surface area contributed by atoms with Crippen LogP contribution in [0.5, 0.6) is 0 Å². The molecule has 1 aromatic rings. The Morgan fingerprint density at radius 3 is 2.59 bits per heavy atom. The molecule has 1 aliphatic heterocycles. The second kappa shape index (κ2) is 7.01. The van der Waals surface area contributed by atoms with Gasteiger partial charge in [-0.25, -0.2) is 4.79 Å². The molecule has 0 aliphatic carbocycles. The summed E-state index contributed by atoms with van der Waals surface area (Å²) in [6.07, 6.45) is 0.708. The molecule has 1 aliphatic rings. The Kier molecular flexibility index (Phi) is 5.29. The van der Waals surface area contributed by atoms with Gasteiger partial charge in [-0.3, -0.25) is 0 Å². The Morgan fingerprint density at radius 2 is 1.91 bits per heavy atom. The van der Waals surface area contributed by atoms with Gasteiger partial charge in [-0.1, -0.05) is 18.2 Å². The van der Waals surface area contributed by atoms with Crippen LogP contribution in [0.4, 0.5) is 10.5 Å². The third-order valence-corrected chi connectivity index (χ3v) is 3.70. The molecule has 1 saturated heterocycles. The lowest BCUT2D eigenvalue weighted by Crippen LogP contribution is -2.39. The highest BCUT2D eigenvalue weighted by molar-refractivity contribution is 5.68. The van der Waals surface area contributed by atoms with Crippen molar-refractivity contribution in [2.24, 2.45) is 5.73 Å². The van der Waals surface area contributed by atoms with Crippen molar-refractivity contribution in [2.75, 3.05) is 31.1 Å². The SMILES string of the molecule is CC(C)(C)OC(=O)N1CCCN(c2ccccc2CN)CC1. The van der Waals surface area contributed by atoms with Crippen LogP contribution in [0, 0.1) is 0 Å². The third-order valence-electron chi connectivity index (χ3n) is 3.70. The van der Waals surface area contributed by atoms with Gasteiger partial charge in [0.25, 0.3) is 0 Å². The van der Waals surface area contributed by atoms with Gasteiger partial charge in [-0.2, -0.15) is 0 Å². The molecular weight excluding hydrogens is 278 g/mol. The van der Waals surface area contributed by atoms with Crippen LogP contribution >= 0.6 is 0 Å². The molecule has 0 aromatic heterocycles. The first-order valence-corrected chi connectivity index (χ1v) is 7.91. The lowest BCUT2D eigenvalue weighted by molar-refractivity contribution is 0.0263. The quantitative estimate of drug-likeness (QED) is 0.912. The van der Waals surface area contributed by atoms with Gasteiger partial charge in [-0.15, -0.1) is 0 Å². The molecule has 2 N–H and O–H groups in total. The minimum Gasteiger partial charge on any atom is -0.444 e. The second-order valence-corrected chi connectivity index (χ2v) is 6.64. The van der Waals surface area contributed by atoms with Crippen LogP contribution in [0.1, 0.15) is 32.8 Å². The van der Waals surface area contributed by atoms with Gasteiger partial charge in [0.05, 0.1) is 0 Å². The largest absolute Gasteiger partial charge is 0.444 e. The first-order valence-electron chi connectivity index (χ1n) is 7.91. The van der Waals surface area contributed by atoms with E-state index in [0.717, 1.165) is 31.6 Å². The highest BCUT2D eigenvalue weighted by atomic mass is 16.6. The summed E-state index contributed by atoms with van der Waals surface area (Å²) in [7, 11) is 0. The number of carbonyl (C=O) groups is 1. The maximum atomic E-state index is 12.2. The fourth-order valence-corrected chi connectivity index (χ4v) is 2.66. The van der Waals surface area contributed by atoms with Crippen molar-refractivity contribution in [3.63, 3.8) is 0 Å². The summed E-state index contributed by atoms with van der Waals surface area (Å²) >= 11 is 0. The van der Waals surface area contributed by atoms with Gasteiger partial charge < -0.3 is 20.3 Å². The predicted molar refractivity (Wildman–Crippen MR) is 89.0 cm³/mol. The van der Waals surface area contributed by atoms with Crippen molar-refractivity contribution in [3.8, 4) is 0 Å². The molecule has 0 saturated carbocycles. The smallest absolute Gasteiger partial charge is 0.410 e. The van der Waals surface area contributed by atoms with Gasteiger partial charge in [-0.05, 0) is 38.8 Å². The topological polar surface area (TPSA) is 58.8 Å². The molecule has 122 valence electrons. The molecular formula is C17H27N3O2. The lowest BCUT2D eigenvalue weighted by atomic mass is 10.1. The number of carbonyl (C=O) groups excluding carboxylic acids is 1. The minimum absolute atomic E-state index is 0.221. The number of nitrogens with zero attached hydrogens (tertiary/aromatic N) is 2. The molecule has 1 aromatic carbocycles. The van der Waals surface area contributed by atoms with E-state index in [1.165, 1.54) is 5.69 Å². The molecule has 0 spiro atoms. The molecule has 0 atom stereocenters. The average Bonchev–Trinajstić information content (AvgIpc) is 2.71. The third kappa shape index (κ3) is 4.37. The molecule has 0 bridgehead atoms. The van der Waals surface area contributed by atoms with Gasteiger partial charge in [0.2, 0.25) is 0 Å². The summed E-state index contributed by atoms with van der Waals surface area (Å²) in [5.41, 5.74) is 7.70. The molecule has 1 heterocycles. The van der Waals surface area contributed by atoms with Crippen LogP contribution in [-0.2, 0) is 11.3 Å².